The van der Waals surface area contributed by atoms with E-state index in [-0.39, 0.29) is 18.0 Å². The Morgan fingerprint density at radius 3 is 2.79 bits per heavy atom. The molecule has 8 nitrogen and oxygen atoms in total. The van der Waals surface area contributed by atoms with Crippen LogP contribution >= 0.6 is 11.3 Å². The van der Waals surface area contributed by atoms with Crippen LogP contribution in [0, 0.1) is 0 Å². The number of ether oxygens (including phenoxy) is 1. The van der Waals surface area contributed by atoms with Crippen molar-refractivity contribution in [1.82, 2.24) is 15.2 Å². The zero-order chi connectivity index (χ0) is 19.9. The molecule has 1 aromatic carbocycles. The Morgan fingerprint density at radius 1 is 1.25 bits per heavy atom. The normalized spacial score (nSPS) is 14.7. The number of nitrogens with one attached hydrogen (secondary N) is 3. The van der Waals surface area contributed by atoms with E-state index >= 15 is 0 Å². The number of rotatable bonds is 6. The van der Waals surface area contributed by atoms with E-state index in [4.69, 9.17) is 4.74 Å². The summed E-state index contributed by atoms with van der Waals surface area (Å²) in [6, 6.07) is 6.52. The molecule has 150 valence electrons. The summed E-state index contributed by atoms with van der Waals surface area (Å²) in [6.07, 6.45) is 0. The quantitative estimate of drug-likeness (QED) is 0.689. The fourth-order valence-corrected chi connectivity index (χ4v) is 3.46. The van der Waals surface area contributed by atoms with Crippen molar-refractivity contribution in [3.63, 3.8) is 0 Å². The van der Waals surface area contributed by atoms with Gasteiger partial charge in [-0.3, -0.25) is 15.0 Å². The van der Waals surface area contributed by atoms with Gasteiger partial charge in [-0.1, -0.05) is 6.07 Å². The van der Waals surface area contributed by atoms with Crippen LogP contribution in [0.4, 0.5) is 15.6 Å². The molecule has 2 heterocycles. The number of nitrogens with zero attached hydrogens (tertiary/aromatic N) is 2. The number of thiazole rings is 1. The third-order valence-corrected chi connectivity index (χ3v) is 4.87. The Balaban J connectivity index is 1.57. The first-order chi connectivity index (χ1) is 13.5. The van der Waals surface area contributed by atoms with Crippen LogP contribution in [0.5, 0.6) is 0 Å². The number of carbonyl (C=O) groups excluding carboxylic acids is 2. The fourth-order valence-electron chi connectivity index (χ4n) is 2.76. The van der Waals surface area contributed by atoms with Crippen molar-refractivity contribution in [2.24, 2.45) is 0 Å². The van der Waals surface area contributed by atoms with Gasteiger partial charge in [0.05, 0.1) is 18.9 Å². The van der Waals surface area contributed by atoms with Crippen LogP contribution in [0.2, 0.25) is 0 Å². The predicted molar refractivity (Wildman–Crippen MR) is 110 cm³/mol. The van der Waals surface area contributed by atoms with Gasteiger partial charge >= 0.3 is 6.03 Å². The molecule has 0 aliphatic carbocycles. The molecule has 3 N–H and O–H groups in total. The molecule has 28 heavy (non-hydrogen) atoms. The van der Waals surface area contributed by atoms with Gasteiger partial charge in [0.25, 0.3) is 5.91 Å². The van der Waals surface area contributed by atoms with Gasteiger partial charge in [0.15, 0.2) is 5.13 Å². The van der Waals surface area contributed by atoms with Gasteiger partial charge < -0.3 is 15.4 Å². The number of benzene rings is 1. The summed E-state index contributed by atoms with van der Waals surface area (Å²) in [6.45, 7) is 7.78. The first-order valence-electron chi connectivity index (χ1n) is 9.23. The van der Waals surface area contributed by atoms with Crippen molar-refractivity contribution < 1.29 is 14.3 Å². The summed E-state index contributed by atoms with van der Waals surface area (Å²) < 4.78 is 5.35. The third-order valence-electron chi connectivity index (χ3n) is 4.06. The molecular formula is C19H25N5O3S. The molecule has 0 spiro atoms. The van der Waals surface area contributed by atoms with Crippen LogP contribution in [0.3, 0.4) is 0 Å². The molecule has 0 radical (unpaired) electrons. The molecule has 0 unspecified atom stereocenters. The Hall–Kier alpha value is -2.49. The van der Waals surface area contributed by atoms with Crippen molar-refractivity contribution in [2.75, 3.05) is 36.9 Å². The first-order valence-corrected chi connectivity index (χ1v) is 10.1. The Morgan fingerprint density at radius 2 is 2.04 bits per heavy atom. The number of hydrogen-bond acceptors (Lipinski definition) is 6. The molecule has 0 saturated carbocycles. The van der Waals surface area contributed by atoms with E-state index in [2.05, 4.69) is 25.8 Å². The summed E-state index contributed by atoms with van der Waals surface area (Å²) in [5.74, 6) is -0.264. The monoisotopic (exact) mass is 403 g/mol. The molecular weight excluding hydrogens is 378 g/mol. The van der Waals surface area contributed by atoms with Crippen molar-refractivity contribution in [3.05, 3.63) is 40.9 Å². The van der Waals surface area contributed by atoms with Gasteiger partial charge in [0.1, 0.15) is 0 Å². The average Bonchev–Trinajstić information content (AvgIpc) is 3.08. The minimum atomic E-state index is -0.305. The van der Waals surface area contributed by atoms with Gasteiger partial charge in [-0.05, 0) is 32.0 Å². The molecule has 3 rings (SSSR count). The highest BCUT2D eigenvalue weighted by molar-refractivity contribution is 7.14. The van der Waals surface area contributed by atoms with Gasteiger partial charge in [0.2, 0.25) is 0 Å². The number of hydrogen-bond donors (Lipinski definition) is 3. The van der Waals surface area contributed by atoms with Crippen LogP contribution in [0.1, 0.15) is 29.9 Å². The minimum absolute atomic E-state index is 0.0306. The van der Waals surface area contributed by atoms with Crippen molar-refractivity contribution in [2.45, 2.75) is 26.4 Å². The van der Waals surface area contributed by atoms with Crippen molar-refractivity contribution in [3.8, 4) is 0 Å². The lowest BCUT2D eigenvalue weighted by atomic mass is 10.2. The minimum Gasteiger partial charge on any atom is -0.379 e. The molecule has 9 heteroatoms. The van der Waals surface area contributed by atoms with E-state index in [1.807, 2.05) is 19.2 Å². The standard InChI is InChI=1S/C19H25N5O3S/c1-13(2)20-18(26)21-15-5-3-4-14(10-15)17(25)23-19-22-16(12-28-19)11-24-6-8-27-9-7-24/h3-5,10,12-13H,6-9,11H2,1-2H3,(H2,20,21,26)(H,22,23,25). The number of aromatic nitrogens is 1. The lowest BCUT2D eigenvalue weighted by Crippen LogP contribution is -2.35. The highest BCUT2D eigenvalue weighted by atomic mass is 32.1. The Bertz CT molecular complexity index is 817. The third kappa shape index (κ3) is 6.01. The van der Waals surface area contributed by atoms with Gasteiger partial charge in [-0.25, -0.2) is 9.78 Å². The summed E-state index contributed by atoms with van der Waals surface area (Å²) >= 11 is 1.40. The van der Waals surface area contributed by atoms with Crippen LogP contribution in [-0.2, 0) is 11.3 Å². The van der Waals surface area contributed by atoms with Crippen LogP contribution < -0.4 is 16.0 Å². The zero-order valence-electron chi connectivity index (χ0n) is 16.0. The Labute approximate surface area is 168 Å². The van der Waals surface area contributed by atoms with E-state index in [0.29, 0.717) is 16.4 Å². The van der Waals surface area contributed by atoms with Gasteiger partial charge in [0, 0.05) is 42.3 Å². The number of amides is 3. The first kappa shape index (κ1) is 20.2. The van der Waals surface area contributed by atoms with Gasteiger partial charge in [-0.15, -0.1) is 11.3 Å². The molecule has 1 fully saturated rings. The second-order valence-electron chi connectivity index (χ2n) is 6.82. The number of urea groups is 1. The van der Waals surface area contributed by atoms with E-state index in [9.17, 15) is 9.59 Å². The lowest BCUT2D eigenvalue weighted by Gasteiger charge is -2.25. The lowest BCUT2D eigenvalue weighted by molar-refractivity contribution is 0.0337. The maximum Gasteiger partial charge on any atom is 0.319 e. The molecule has 3 amide bonds. The molecule has 1 saturated heterocycles. The fraction of sp³-hybridized carbons (Fsp3) is 0.421. The molecule has 1 aliphatic heterocycles. The molecule has 1 aliphatic rings. The van der Waals surface area contributed by atoms with Gasteiger partial charge in [-0.2, -0.15) is 0 Å². The topological polar surface area (TPSA) is 95.6 Å². The largest absolute Gasteiger partial charge is 0.379 e. The van der Waals surface area contributed by atoms with Crippen LogP contribution in [0.25, 0.3) is 0 Å². The molecule has 0 atom stereocenters. The molecule has 1 aromatic heterocycles. The second-order valence-corrected chi connectivity index (χ2v) is 7.68. The van der Waals surface area contributed by atoms with Crippen molar-refractivity contribution >= 4 is 34.1 Å². The second kappa shape index (κ2) is 9.63. The molecule has 0 bridgehead atoms. The summed E-state index contributed by atoms with van der Waals surface area (Å²) in [5.41, 5.74) is 1.94. The van der Waals surface area contributed by atoms with Crippen LogP contribution in [-0.4, -0.2) is 54.2 Å². The number of anilines is 2. The molecule has 2 aromatic rings. The Kier molecular flexibility index (Phi) is 6.96. The predicted octanol–water partition coefficient (Wildman–Crippen LogP) is 2.76. The summed E-state index contributed by atoms with van der Waals surface area (Å²) in [4.78, 5) is 31.1. The summed E-state index contributed by atoms with van der Waals surface area (Å²) in [7, 11) is 0. The van der Waals surface area contributed by atoms with Crippen molar-refractivity contribution in [1.29, 1.82) is 0 Å². The number of carbonyl (C=O) groups is 2. The number of morpholine rings is 1. The average molecular weight is 404 g/mol. The maximum absolute atomic E-state index is 12.5. The highest BCUT2D eigenvalue weighted by Crippen LogP contribution is 2.19. The van der Waals surface area contributed by atoms with E-state index in [1.165, 1.54) is 11.3 Å². The van der Waals surface area contributed by atoms with Crippen LogP contribution in [0.15, 0.2) is 29.6 Å². The van der Waals surface area contributed by atoms with E-state index in [1.54, 1.807) is 24.3 Å². The highest BCUT2D eigenvalue weighted by Gasteiger charge is 2.14. The SMILES string of the molecule is CC(C)NC(=O)Nc1cccc(C(=O)Nc2nc(CN3CCOCC3)cs2)c1. The smallest absolute Gasteiger partial charge is 0.319 e. The maximum atomic E-state index is 12.5. The summed E-state index contributed by atoms with van der Waals surface area (Å²) in [5, 5.41) is 10.8. The van der Waals surface area contributed by atoms with E-state index < -0.39 is 0 Å². The zero-order valence-corrected chi connectivity index (χ0v) is 16.8. The van der Waals surface area contributed by atoms with E-state index in [0.717, 1.165) is 38.5 Å².